The Morgan fingerprint density at radius 1 is 0.806 bits per heavy atom. The second-order valence-electron chi connectivity index (χ2n) is 8.46. The van der Waals surface area contributed by atoms with Crippen LogP contribution in [0.4, 0.5) is 0 Å². The van der Waals surface area contributed by atoms with Gasteiger partial charge in [0.15, 0.2) is 0 Å². The summed E-state index contributed by atoms with van der Waals surface area (Å²) >= 11 is 0. The first-order chi connectivity index (χ1) is 15.1. The minimum absolute atomic E-state index is 0.438. The van der Waals surface area contributed by atoms with Crippen molar-refractivity contribution in [2.75, 3.05) is 6.61 Å². The van der Waals surface area contributed by atoms with Crippen molar-refractivity contribution in [2.45, 2.75) is 96.9 Å². The molecule has 0 aromatic heterocycles. The zero-order valence-corrected chi connectivity index (χ0v) is 21.0. The minimum atomic E-state index is -1.87. The van der Waals surface area contributed by atoms with Crippen molar-refractivity contribution in [1.82, 2.24) is 0 Å². The molecule has 0 spiro atoms. The lowest BCUT2D eigenvalue weighted by molar-refractivity contribution is -0.241. The van der Waals surface area contributed by atoms with Crippen LogP contribution in [0.15, 0.2) is 48.8 Å². The summed E-state index contributed by atoms with van der Waals surface area (Å²) in [5.74, 6) is -0.438. The van der Waals surface area contributed by atoms with E-state index in [2.05, 4.69) is 27.0 Å². The maximum atomic E-state index is 12.2. The maximum absolute atomic E-state index is 12.2. The van der Waals surface area contributed by atoms with Crippen LogP contribution in [0.3, 0.4) is 0 Å². The van der Waals surface area contributed by atoms with E-state index in [9.17, 15) is 4.79 Å². The van der Waals surface area contributed by atoms with Gasteiger partial charge in [0.1, 0.15) is 8.07 Å². The maximum Gasteiger partial charge on any atom is 0.373 e. The highest BCUT2D eigenvalue weighted by atomic mass is 28.3. The summed E-state index contributed by atoms with van der Waals surface area (Å²) in [6, 6.07) is 8.58. The number of hydrogen-bond donors (Lipinski definition) is 0. The fourth-order valence-electron chi connectivity index (χ4n) is 3.87. The molecule has 3 nitrogen and oxygen atoms in total. The zero-order valence-electron chi connectivity index (χ0n) is 20.0. The zero-order chi connectivity index (χ0) is 22.8. The van der Waals surface area contributed by atoms with E-state index < -0.39 is 14.0 Å². The van der Waals surface area contributed by atoms with E-state index >= 15 is 0 Å². The monoisotopic (exact) mass is 444 g/mol. The van der Waals surface area contributed by atoms with Gasteiger partial charge in [-0.05, 0) is 24.6 Å². The number of unbranched alkanes of at least 4 members (excludes halogenated alkanes) is 11. The molecule has 0 aliphatic heterocycles. The Bertz CT molecular complexity index is 616. The number of carbonyl (C=O) groups excluding carboxylic acids is 1. The van der Waals surface area contributed by atoms with Crippen LogP contribution in [-0.2, 0) is 9.78 Å². The molecule has 1 aromatic rings. The number of hydrogen-bond acceptors (Lipinski definition) is 3. The smallest absolute Gasteiger partial charge is 0.293 e. The lowest BCUT2D eigenvalue weighted by atomic mass is 10.1. The summed E-state index contributed by atoms with van der Waals surface area (Å²) in [6.45, 7) is 12.9. The van der Waals surface area contributed by atoms with Gasteiger partial charge in [-0.25, -0.2) is 4.79 Å². The van der Waals surface area contributed by atoms with E-state index in [1.165, 1.54) is 69.4 Å². The van der Waals surface area contributed by atoms with Crippen LogP contribution in [0.5, 0.6) is 0 Å². The van der Waals surface area contributed by atoms with Crippen molar-refractivity contribution in [3.8, 4) is 0 Å². The van der Waals surface area contributed by atoms with Crippen molar-refractivity contribution < 1.29 is 14.6 Å². The molecule has 1 rings (SSSR count). The SMILES string of the molecule is C=C[Si](C=C)(CC)c1ccc(C(=O)OOCCCCCCCCCCCCCC)cc1. The molecule has 0 saturated heterocycles. The summed E-state index contributed by atoms with van der Waals surface area (Å²) in [7, 11) is -1.87. The summed E-state index contributed by atoms with van der Waals surface area (Å²) in [5, 5.41) is 1.20. The molecule has 0 bridgehead atoms. The fourth-order valence-corrected chi connectivity index (χ4v) is 6.28. The van der Waals surface area contributed by atoms with Gasteiger partial charge in [-0.3, -0.25) is 4.89 Å². The van der Waals surface area contributed by atoms with Crippen LogP contribution in [0.1, 0.15) is 101 Å². The summed E-state index contributed by atoms with van der Waals surface area (Å²) in [4.78, 5) is 22.3. The van der Waals surface area contributed by atoms with Crippen LogP contribution < -0.4 is 5.19 Å². The molecule has 0 radical (unpaired) electrons. The highest BCUT2D eigenvalue weighted by molar-refractivity contribution is 6.99. The lowest BCUT2D eigenvalue weighted by Gasteiger charge is -2.23. The first-order valence-electron chi connectivity index (χ1n) is 12.3. The first-order valence-corrected chi connectivity index (χ1v) is 14.7. The van der Waals surface area contributed by atoms with Gasteiger partial charge >= 0.3 is 5.97 Å². The van der Waals surface area contributed by atoms with E-state index in [0.717, 1.165) is 18.9 Å². The molecule has 0 aliphatic rings. The number of rotatable bonds is 19. The highest BCUT2D eigenvalue weighted by Gasteiger charge is 2.26. The Balaban J connectivity index is 2.11. The van der Waals surface area contributed by atoms with Gasteiger partial charge in [0.2, 0.25) is 0 Å². The van der Waals surface area contributed by atoms with Gasteiger partial charge in [-0.2, -0.15) is 4.89 Å². The van der Waals surface area contributed by atoms with Gasteiger partial charge in [0.05, 0.1) is 12.2 Å². The second-order valence-corrected chi connectivity index (χ2v) is 12.6. The summed E-state index contributed by atoms with van der Waals surface area (Å²) in [6.07, 6.45) is 15.5. The van der Waals surface area contributed by atoms with Crippen molar-refractivity contribution >= 4 is 19.2 Å². The molecule has 0 atom stereocenters. The van der Waals surface area contributed by atoms with Crippen LogP contribution in [0.25, 0.3) is 0 Å². The molecule has 0 N–H and O–H groups in total. The third kappa shape index (κ3) is 10.5. The molecule has 0 heterocycles. The predicted octanol–water partition coefficient (Wildman–Crippen LogP) is 7.60. The van der Waals surface area contributed by atoms with Gasteiger partial charge in [0.25, 0.3) is 0 Å². The Morgan fingerprint density at radius 3 is 1.74 bits per heavy atom. The fraction of sp³-hybridized carbons (Fsp3) is 0.593. The van der Waals surface area contributed by atoms with E-state index in [0.29, 0.717) is 12.2 Å². The van der Waals surface area contributed by atoms with Gasteiger partial charge in [-0.1, -0.05) is 113 Å². The van der Waals surface area contributed by atoms with Crippen molar-refractivity contribution in [3.63, 3.8) is 0 Å². The van der Waals surface area contributed by atoms with Crippen molar-refractivity contribution in [1.29, 1.82) is 0 Å². The van der Waals surface area contributed by atoms with Gasteiger partial charge < -0.3 is 0 Å². The first kappa shape index (κ1) is 27.4. The van der Waals surface area contributed by atoms with E-state index in [4.69, 9.17) is 9.78 Å². The largest absolute Gasteiger partial charge is 0.373 e. The van der Waals surface area contributed by atoms with Gasteiger partial charge in [0, 0.05) is 0 Å². The van der Waals surface area contributed by atoms with Gasteiger partial charge in [-0.15, -0.1) is 13.2 Å². The molecule has 0 unspecified atom stereocenters. The van der Waals surface area contributed by atoms with Crippen molar-refractivity contribution in [3.05, 3.63) is 54.4 Å². The summed E-state index contributed by atoms with van der Waals surface area (Å²) in [5.41, 5.74) is 4.57. The number of carbonyl (C=O) groups is 1. The molecular formula is C27H44O3Si. The predicted molar refractivity (Wildman–Crippen MR) is 135 cm³/mol. The lowest BCUT2D eigenvalue weighted by Crippen LogP contribution is -2.43. The number of benzene rings is 1. The molecule has 0 amide bonds. The van der Waals surface area contributed by atoms with Crippen LogP contribution in [-0.4, -0.2) is 20.7 Å². The molecule has 174 valence electrons. The molecule has 31 heavy (non-hydrogen) atoms. The molecule has 4 heteroatoms. The third-order valence-electron chi connectivity index (χ3n) is 6.19. The van der Waals surface area contributed by atoms with Crippen LogP contribution in [0, 0.1) is 0 Å². The standard InChI is InChI=1S/C27H44O3Si/c1-5-9-10-11-12-13-14-15-16-17-18-19-24-29-30-27(28)25-20-22-26(23-21-25)31(6-2,7-3)8-4/h6-7,20-23H,2-3,5,8-19,24H2,1,4H3. The normalized spacial score (nSPS) is 11.3. The average Bonchev–Trinajstić information content (AvgIpc) is 2.81. The molecule has 0 saturated carbocycles. The molecule has 1 aromatic carbocycles. The van der Waals surface area contributed by atoms with E-state index in [-0.39, 0.29) is 0 Å². The summed E-state index contributed by atoms with van der Waals surface area (Å²) < 4.78 is 0. The highest BCUT2D eigenvalue weighted by Crippen LogP contribution is 2.14. The average molecular weight is 445 g/mol. The van der Waals surface area contributed by atoms with E-state index in [1.54, 1.807) is 12.1 Å². The minimum Gasteiger partial charge on any atom is -0.293 e. The van der Waals surface area contributed by atoms with Crippen LogP contribution in [0.2, 0.25) is 6.04 Å². The Labute approximate surface area is 191 Å². The van der Waals surface area contributed by atoms with Crippen molar-refractivity contribution in [2.24, 2.45) is 0 Å². The Hall–Kier alpha value is -1.65. The Morgan fingerprint density at radius 2 is 1.29 bits per heavy atom. The molecular weight excluding hydrogens is 400 g/mol. The quantitative estimate of drug-likeness (QED) is 0.0953. The molecule has 0 aliphatic carbocycles. The van der Waals surface area contributed by atoms with Crippen LogP contribution >= 0.6 is 0 Å². The molecule has 0 fully saturated rings. The van der Waals surface area contributed by atoms with E-state index in [1.807, 2.05) is 23.5 Å². The Kier molecular flexibility index (Phi) is 15.0. The second kappa shape index (κ2) is 17.0. The topological polar surface area (TPSA) is 35.5 Å². The third-order valence-corrected chi connectivity index (χ3v) is 10.2.